The first kappa shape index (κ1) is 21.3. The predicted molar refractivity (Wildman–Crippen MR) is 127 cm³/mol. The van der Waals surface area contributed by atoms with Gasteiger partial charge < -0.3 is 15.4 Å². The summed E-state index contributed by atoms with van der Waals surface area (Å²) in [7, 11) is 1.82. The van der Waals surface area contributed by atoms with Crippen molar-refractivity contribution >= 4 is 28.3 Å². The van der Waals surface area contributed by atoms with Crippen molar-refractivity contribution in [1.82, 2.24) is 19.9 Å². The number of aromatic nitrogens is 3. The van der Waals surface area contributed by atoms with E-state index in [2.05, 4.69) is 48.4 Å². The van der Waals surface area contributed by atoms with Crippen molar-refractivity contribution in [3.05, 3.63) is 53.6 Å². The number of amides is 1. The number of fused-ring (bicyclic) bond motifs is 1. The van der Waals surface area contributed by atoms with Gasteiger partial charge >= 0.3 is 0 Å². The molecule has 2 fully saturated rings. The fourth-order valence-electron chi connectivity index (χ4n) is 3.82. The number of anilines is 2. The number of hydrogen-bond donors (Lipinski definition) is 2. The first-order valence-corrected chi connectivity index (χ1v) is 11.2. The lowest BCUT2D eigenvalue weighted by molar-refractivity contribution is -0.117. The molecular formula is C25H26N6O2. The van der Waals surface area contributed by atoms with Crippen molar-refractivity contribution in [2.45, 2.75) is 19.4 Å². The van der Waals surface area contributed by atoms with Gasteiger partial charge in [-0.15, -0.1) is 0 Å². The summed E-state index contributed by atoms with van der Waals surface area (Å²) in [5, 5.41) is 7.73. The highest BCUT2D eigenvalue weighted by Crippen LogP contribution is 2.31. The average molecular weight is 443 g/mol. The topological polar surface area (TPSA) is 92.3 Å². The van der Waals surface area contributed by atoms with Crippen molar-refractivity contribution in [3.63, 3.8) is 0 Å². The fraction of sp³-hybridized carbons (Fsp3) is 0.360. The highest BCUT2D eigenvalue weighted by Gasteiger charge is 2.29. The Kier molecular flexibility index (Phi) is 6.15. The van der Waals surface area contributed by atoms with Crippen LogP contribution in [0.4, 0.5) is 11.6 Å². The van der Waals surface area contributed by atoms with E-state index in [1.165, 1.54) is 0 Å². The van der Waals surface area contributed by atoms with Gasteiger partial charge in [-0.25, -0.2) is 15.0 Å². The van der Waals surface area contributed by atoms with E-state index in [4.69, 9.17) is 4.74 Å². The van der Waals surface area contributed by atoms with Crippen LogP contribution in [-0.4, -0.2) is 59.1 Å². The minimum Gasteiger partial charge on any atom is -0.379 e. The molecule has 1 saturated heterocycles. The van der Waals surface area contributed by atoms with Gasteiger partial charge in [0.05, 0.1) is 18.8 Å². The lowest BCUT2D eigenvalue weighted by atomic mass is 10.1. The Bertz CT molecular complexity index is 1220. The van der Waals surface area contributed by atoms with E-state index >= 15 is 0 Å². The molecule has 0 bridgehead atoms. The van der Waals surface area contributed by atoms with Crippen LogP contribution in [0.5, 0.6) is 0 Å². The van der Waals surface area contributed by atoms with Crippen molar-refractivity contribution in [2.75, 3.05) is 44.0 Å². The molecule has 3 aromatic heterocycles. The van der Waals surface area contributed by atoms with E-state index < -0.39 is 0 Å². The van der Waals surface area contributed by atoms with E-state index in [0.717, 1.165) is 67.6 Å². The van der Waals surface area contributed by atoms with Gasteiger partial charge in [-0.05, 0) is 36.5 Å². The van der Waals surface area contributed by atoms with Crippen molar-refractivity contribution in [1.29, 1.82) is 0 Å². The van der Waals surface area contributed by atoms with Crippen LogP contribution >= 0.6 is 0 Å². The molecule has 1 saturated carbocycles. The minimum absolute atomic E-state index is 0.0266. The normalized spacial score (nSPS) is 16.2. The number of hydrogen-bond acceptors (Lipinski definition) is 7. The minimum atomic E-state index is 0.0266. The van der Waals surface area contributed by atoms with Crippen LogP contribution in [0, 0.1) is 17.8 Å². The number of nitrogens with zero attached hydrogens (tertiary/aromatic N) is 4. The molecule has 1 amide bonds. The average Bonchev–Trinajstić information content (AvgIpc) is 3.70. The highest BCUT2D eigenvalue weighted by molar-refractivity contribution is 5.99. The molecule has 0 spiro atoms. The number of carbonyl (C=O) groups excluding carboxylic acids is 1. The zero-order valence-corrected chi connectivity index (χ0v) is 18.6. The second kappa shape index (κ2) is 9.53. The molecular weight excluding hydrogens is 416 g/mol. The predicted octanol–water partition coefficient (Wildman–Crippen LogP) is 2.65. The molecule has 1 aliphatic carbocycles. The van der Waals surface area contributed by atoms with Gasteiger partial charge in [-0.3, -0.25) is 9.69 Å². The zero-order chi connectivity index (χ0) is 22.6. The molecule has 0 aromatic carbocycles. The summed E-state index contributed by atoms with van der Waals surface area (Å²) in [4.78, 5) is 27.9. The summed E-state index contributed by atoms with van der Waals surface area (Å²) >= 11 is 0. The third-order valence-electron chi connectivity index (χ3n) is 5.87. The molecule has 0 atom stereocenters. The number of ether oxygens (including phenoxy) is 1. The molecule has 33 heavy (non-hydrogen) atoms. The molecule has 8 heteroatoms. The zero-order valence-electron chi connectivity index (χ0n) is 18.6. The smallest absolute Gasteiger partial charge is 0.228 e. The van der Waals surface area contributed by atoms with Gasteiger partial charge in [0.15, 0.2) is 0 Å². The molecule has 0 unspecified atom stereocenters. The van der Waals surface area contributed by atoms with Gasteiger partial charge in [0.1, 0.15) is 17.3 Å². The first-order valence-electron chi connectivity index (χ1n) is 11.2. The number of rotatable bonds is 5. The highest BCUT2D eigenvalue weighted by atomic mass is 16.5. The van der Waals surface area contributed by atoms with E-state index in [1.54, 1.807) is 12.4 Å². The summed E-state index contributed by atoms with van der Waals surface area (Å²) in [6.45, 7) is 4.33. The number of carbonyl (C=O) groups is 1. The maximum absolute atomic E-state index is 12.2. The van der Waals surface area contributed by atoms with Crippen LogP contribution in [-0.2, 0) is 16.1 Å². The molecule has 2 aliphatic rings. The lowest BCUT2D eigenvalue weighted by Gasteiger charge is -2.26. The van der Waals surface area contributed by atoms with Crippen LogP contribution < -0.4 is 10.6 Å². The van der Waals surface area contributed by atoms with Gasteiger partial charge in [0.2, 0.25) is 5.91 Å². The summed E-state index contributed by atoms with van der Waals surface area (Å²) in [6.07, 6.45) is 7.24. The van der Waals surface area contributed by atoms with E-state index in [9.17, 15) is 4.79 Å². The molecule has 2 N–H and O–H groups in total. The SMILES string of the molecule is CNc1ncc(C#Cc2ccc(CN3CCOCC3)cn2)c2cc(NC(=O)C3CC3)ncc12. The van der Waals surface area contributed by atoms with Crippen molar-refractivity contribution in [2.24, 2.45) is 5.92 Å². The van der Waals surface area contributed by atoms with Gasteiger partial charge in [0.25, 0.3) is 0 Å². The van der Waals surface area contributed by atoms with Crippen LogP contribution in [0.25, 0.3) is 10.8 Å². The number of nitrogens with one attached hydrogen (secondary N) is 2. The molecule has 168 valence electrons. The van der Waals surface area contributed by atoms with Crippen LogP contribution in [0.3, 0.4) is 0 Å². The van der Waals surface area contributed by atoms with Crippen LogP contribution in [0.15, 0.2) is 36.8 Å². The summed E-state index contributed by atoms with van der Waals surface area (Å²) in [5.74, 6) is 7.74. The monoisotopic (exact) mass is 442 g/mol. The fourth-order valence-corrected chi connectivity index (χ4v) is 3.82. The molecule has 8 nitrogen and oxygen atoms in total. The van der Waals surface area contributed by atoms with Gasteiger partial charge in [0, 0.05) is 62.0 Å². The summed E-state index contributed by atoms with van der Waals surface area (Å²) < 4.78 is 5.41. The quantitative estimate of drug-likeness (QED) is 0.587. The lowest BCUT2D eigenvalue weighted by Crippen LogP contribution is -2.35. The van der Waals surface area contributed by atoms with Crippen molar-refractivity contribution < 1.29 is 9.53 Å². The third-order valence-corrected chi connectivity index (χ3v) is 5.87. The van der Waals surface area contributed by atoms with E-state index in [-0.39, 0.29) is 11.8 Å². The molecule has 0 radical (unpaired) electrons. The molecule has 4 heterocycles. The largest absolute Gasteiger partial charge is 0.379 e. The standard InChI is InChI=1S/C25H26N6O2/c1-26-24-22-15-28-23(30-25(32)18-3-4-18)12-21(22)19(14-29-24)5-7-20-6-2-17(13-27-20)16-31-8-10-33-11-9-31/h2,6,12-15,18H,3-4,8-11,16H2,1H3,(H,26,29)(H,28,30,32). The Morgan fingerprint density at radius 2 is 1.94 bits per heavy atom. The molecule has 1 aliphatic heterocycles. The molecule has 3 aromatic rings. The van der Waals surface area contributed by atoms with E-state index in [0.29, 0.717) is 17.3 Å². The summed E-state index contributed by atoms with van der Waals surface area (Å²) in [5.41, 5.74) is 2.62. The van der Waals surface area contributed by atoms with Gasteiger partial charge in [-0.1, -0.05) is 12.0 Å². The maximum atomic E-state index is 12.2. The maximum Gasteiger partial charge on any atom is 0.228 e. The number of pyridine rings is 3. The van der Waals surface area contributed by atoms with Gasteiger partial charge in [-0.2, -0.15) is 0 Å². The Morgan fingerprint density at radius 1 is 1.09 bits per heavy atom. The van der Waals surface area contributed by atoms with E-state index in [1.807, 2.05) is 25.4 Å². The van der Waals surface area contributed by atoms with Crippen LogP contribution in [0.2, 0.25) is 0 Å². The van der Waals surface area contributed by atoms with Crippen molar-refractivity contribution in [3.8, 4) is 11.8 Å². The number of morpholine rings is 1. The third kappa shape index (κ3) is 5.11. The molecule has 5 rings (SSSR count). The van der Waals surface area contributed by atoms with Crippen LogP contribution in [0.1, 0.15) is 29.7 Å². The Labute approximate surface area is 192 Å². The first-order chi connectivity index (χ1) is 16.2. The summed E-state index contributed by atoms with van der Waals surface area (Å²) in [6, 6.07) is 5.88. The Morgan fingerprint density at radius 3 is 2.67 bits per heavy atom. The Balaban J connectivity index is 1.38. The second-order valence-corrected chi connectivity index (χ2v) is 8.34. The second-order valence-electron chi connectivity index (χ2n) is 8.34. The Hall–Kier alpha value is -3.54.